The number of likely N-dealkylation sites (N-methyl/N-ethyl adjacent to an activating group) is 1. The fourth-order valence-electron chi connectivity index (χ4n) is 3.66. The van der Waals surface area contributed by atoms with Crippen molar-refractivity contribution in [2.75, 3.05) is 39.9 Å². The van der Waals surface area contributed by atoms with Crippen molar-refractivity contribution < 1.29 is 9.53 Å². The van der Waals surface area contributed by atoms with Crippen molar-refractivity contribution in [2.45, 2.75) is 39.4 Å². The Balaban J connectivity index is 1.39. The molecule has 30 heavy (non-hydrogen) atoms. The molecule has 0 aromatic heterocycles. The topological polar surface area (TPSA) is 44.8 Å². The molecule has 1 N–H and O–H groups in total. The summed E-state index contributed by atoms with van der Waals surface area (Å²) >= 11 is 0. The van der Waals surface area contributed by atoms with E-state index in [-0.39, 0.29) is 5.91 Å². The van der Waals surface area contributed by atoms with Gasteiger partial charge in [-0.2, -0.15) is 0 Å². The largest absolute Gasteiger partial charge is 0.379 e. The number of morpholine rings is 1. The summed E-state index contributed by atoms with van der Waals surface area (Å²) in [7, 11) is 1.98. The molecule has 5 nitrogen and oxygen atoms in total. The molecule has 1 aliphatic rings. The van der Waals surface area contributed by atoms with E-state index in [1.165, 1.54) is 16.7 Å². The number of nitrogens with one attached hydrogen (secondary N) is 1. The summed E-state index contributed by atoms with van der Waals surface area (Å²) < 4.78 is 5.40. The molecule has 2 aromatic carbocycles. The van der Waals surface area contributed by atoms with E-state index >= 15 is 0 Å². The van der Waals surface area contributed by atoms with Crippen LogP contribution in [0.15, 0.2) is 48.5 Å². The molecule has 2 aromatic rings. The number of benzene rings is 2. The zero-order chi connectivity index (χ0) is 21.3. The predicted octanol–water partition coefficient (Wildman–Crippen LogP) is 3.39. The minimum absolute atomic E-state index is 0.0497. The van der Waals surface area contributed by atoms with Crippen LogP contribution in [0.1, 0.15) is 42.0 Å². The lowest BCUT2D eigenvalue weighted by molar-refractivity contribution is -0.122. The summed E-state index contributed by atoms with van der Waals surface area (Å²) in [5, 5.41) is 3.03. The standard InChI is InChI=1S/C25H35N3O2/c1-20(2)24-10-8-22(9-11-24)17-27(3)19-25(29)26-16-21-4-6-23(7-5-21)18-28-12-14-30-15-13-28/h4-11,20H,12-19H2,1-3H3,(H,26,29). The molecule has 1 fully saturated rings. The van der Waals surface area contributed by atoms with E-state index in [9.17, 15) is 4.79 Å². The number of amides is 1. The number of hydrogen-bond donors (Lipinski definition) is 1. The summed E-state index contributed by atoms with van der Waals surface area (Å²) in [6, 6.07) is 17.2. The van der Waals surface area contributed by atoms with Gasteiger partial charge in [-0.3, -0.25) is 14.6 Å². The van der Waals surface area contributed by atoms with Crippen LogP contribution in [0.5, 0.6) is 0 Å². The second-order valence-electron chi connectivity index (χ2n) is 8.55. The molecular formula is C25H35N3O2. The molecule has 3 rings (SSSR count). The van der Waals surface area contributed by atoms with Crippen LogP contribution >= 0.6 is 0 Å². The first kappa shape index (κ1) is 22.5. The number of hydrogen-bond acceptors (Lipinski definition) is 4. The van der Waals surface area contributed by atoms with E-state index in [0.717, 1.165) is 45.0 Å². The van der Waals surface area contributed by atoms with E-state index in [2.05, 4.69) is 72.6 Å². The molecule has 1 aliphatic heterocycles. The average Bonchev–Trinajstić information content (AvgIpc) is 2.74. The molecule has 1 amide bonds. The van der Waals surface area contributed by atoms with E-state index < -0.39 is 0 Å². The number of nitrogens with zero attached hydrogens (tertiary/aromatic N) is 2. The Morgan fingerprint density at radius 1 is 1.00 bits per heavy atom. The average molecular weight is 410 g/mol. The van der Waals surface area contributed by atoms with Crippen LogP contribution in [0.4, 0.5) is 0 Å². The van der Waals surface area contributed by atoms with Gasteiger partial charge in [0, 0.05) is 32.7 Å². The second-order valence-corrected chi connectivity index (χ2v) is 8.55. The Labute approximate surface area is 181 Å². The smallest absolute Gasteiger partial charge is 0.234 e. The van der Waals surface area contributed by atoms with Crippen LogP contribution in [0, 0.1) is 0 Å². The first-order valence-electron chi connectivity index (χ1n) is 10.9. The molecule has 0 aliphatic carbocycles. The van der Waals surface area contributed by atoms with Gasteiger partial charge in [-0.25, -0.2) is 0 Å². The van der Waals surface area contributed by atoms with Crippen molar-refractivity contribution in [1.29, 1.82) is 0 Å². The fourth-order valence-corrected chi connectivity index (χ4v) is 3.66. The molecular weight excluding hydrogens is 374 g/mol. The van der Waals surface area contributed by atoms with Crippen molar-refractivity contribution >= 4 is 5.91 Å². The van der Waals surface area contributed by atoms with Gasteiger partial charge >= 0.3 is 0 Å². The molecule has 1 heterocycles. The van der Waals surface area contributed by atoms with Gasteiger partial charge in [0.1, 0.15) is 0 Å². The second kappa shape index (κ2) is 11.3. The summed E-state index contributed by atoms with van der Waals surface area (Å²) in [5.74, 6) is 0.588. The zero-order valence-corrected chi connectivity index (χ0v) is 18.6. The highest BCUT2D eigenvalue weighted by atomic mass is 16.5. The first-order valence-corrected chi connectivity index (χ1v) is 10.9. The highest BCUT2D eigenvalue weighted by Crippen LogP contribution is 2.15. The fraction of sp³-hybridized carbons (Fsp3) is 0.480. The van der Waals surface area contributed by atoms with E-state index in [1.54, 1.807) is 0 Å². The number of rotatable bonds is 9. The summed E-state index contributed by atoms with van der Waals surface area (Å²) in [5.41, 5.74) is 5.00. The van der Waals surface area contributed by atoms with Crippen LogP contribution in [0.25, 0.3) is 0 Å². The van der Waals surface area contributed by atoms with Gasteiger partial charge in [-0.1, -0.05) is 62.4 Å². The van der Waals surface area contributed by atoms with Gasteiger partial charge in [0.2, 0.25) is 5.91 Å². The van der Waals surface area contributed by atoms with Gasteiger partial charge < -0.3 is 10.1 Å². The van der Waals surface area contributed by atoms with E-state index in [0.29, 0.717) is 19.0 Å². The van der Waals surface area contributed by atoms with Crippen LogP contribution in [-0.2, 0) is 29.2 Å². The molecule has 1 saturated heterocycles. The molecule has 0 radical (unpaired) electrons. The number of carbonyl (C=O) groups is 1. The van der Waals surface area contributed by atoms with Crippen LogP contribution in [0.3, 0.4) is 0 Å². The highest BCUT2D eigenvalue weighted by Gasteiger charge is 2.11. The van der Waals surface area contributed by atoms with Gasteiger partial charge in [0.05, 0.1) is 19.8 Å². The molecule has 162 valence electrons. The molecule has 0 atom stereocenters. The molecule has 0 spiro atoms. The monoisotopic (exact) mass is 409 g/mol. The van der Waals surface area contributed by atoms with Gasteiger partial charge in [0.25, 0.3) is 0 Å². The Bertz CT molecular complexity index is 781. The Morgan fingerprint density at radius 2 is 1.60 bits per heavy atom. The van der Waals surface area contributed by atoms with Gasteiger partial charge in [0.15, 0.2) is 0 Å². The SMILES string of the molecule is CC(C)c1ccc(CN(C)CC(=O)NCc2ccc(CN3CCOCC3)cc2)cc1. The molecule has 0 unspecified atom stereocenters. The molecule has 5 heteroatoms. The van der Waals surface area contributed by atoms with Crippen molar-refractivity contribution in [3.05, 3.63) is 70.8 Å². The first-order chi connectivity index (χ1) is 14.5. The van der Waals surface area contributed by atoms with Crippen LogP contribution in [0.2, 0.25) is 0 Å². The Kier molecular flexibility index (Phi) is 8.43. The third-order valence-electron chi connectivity index (χ3n) is 5.53. The molecule has 0 saturated carbocycles. The summed E-state index contributed by atoms with van der Waals surface area (Å²) in [6.45, 7) is 10.7. The normalized spacial score (nSPS) is 15.0. The van der Waals surface area contributed by atoms with Crippen molar-refractivity contribution in [1.82, 2.24) is 15.1 Å². The third-order valence-corrected chi connectivity index (χ3v) is 5.53. The van der Waals surface area contributed by atoms with Crippen molar-refractivity contribution in [3.8, 4) is 0 Å². The summed E-state index contributed by atoms with van der Waals surface area (Å²) in [4.78, 5) is 16.8. The Hall–Kier alpha value is -2.21. The van der Waals surface area contributed by atoms with Crippen LogP contribution in [-0.4, -0.2) is 55.6 Å². The third kappa shape index (κ3) is 7.24. The zero-order valence-electron chi connectivity index (χ0n) is 18.6. The summed E-state index contributed by atoms with van der Waals surface area (Å²) in [6.07, 6.45) is 0. The minimum atomic E-state index is 0.0497. The maximum absolute atomic E-state index is 12.3. The maximum atomic E-state index is 12.3. The van der Waals surface area contributed by atoms with Crippen LogP contribution < -0.4 is 5.32 Å². The molecule has 0 bridgehead atoms. The lowest BCUT2D eigenvalue weighted by Gasteiger charge is -2.26. The lowest BCUT2D eigenvalue weighted by Crippen LogP contribution is -2.35. The van der Waals surface area contributed by atoms with Crippen molar-refractivity contribution in [2.24, 2.45) is 0 Å². The van der Waals surface area contributed by atoms with E-state index in [4.69, 9.17) is 4.74 Å². The minimum Gasteiger partial charge on any atom is -0.379 e. The van der Waals surface area contributed by atoms with Gasteiger partial charge in [-0.05, 0) is 35.2 Å². The quantitative estimate of drug-likeness (QED) is 0.690. The highest BCUT2D eigenvalue weighted by molar-refractivity contribution is 5.77. The maximum Gasteiger partial charge on any atom is 0.234 e. The van der Waals surface area contributed by atoms with Crippen molar-refractivity contribution in [3.63, 3.8) is 0 Å². The van der Waals surface area contributed by atoms with E-state index in [1.807, 2.05) is 11.9 Å². The number of carbonyl (C=O) groups excluding carboxylic acids is 1. The Morgan fingerprint density at radius 3 is 2.23 bits per heavy atom. The van der Waals surface area contributed by atoms with Gasteiger partial charge in [-0.15, -0.1) is 0 Å². The number of ether oxygens (including phenoxy) is 1. The lowest BCUT2D eigenvalue weighted by atomic mass is 10.0. The predicted molar refractivity (Wildman–Crippen MR) is 121 cm³/mol.